The Hall–Kier alpha value is -1.16. The van der Waals surface area contributed by atoms with Crippen molar-refractivity contribution in [3.63, 3.8) is 0 Å². The second-order valence-corrected chi connectivity index (χ2v) is 4.18. The van der Waals surface area contributed by atoms with Gasteiger partial charge in [0.2, 0.25) is 0 Å². The Bertz CT molecular complexity index is 296. The molecule has 1 N–H and O–H groups in total. The largest absolute Gasteiger partial charge is 0.478 e. The van der Waals surface area contributed by atoms with Crippen LogP contribution in [-0.2, 0) is 9.59 Å². The van der Waals surface area contributed by atoms with E-state index in [-0.39, 0.29) is 5.92 Å². The van der Waals surface area contributed by atoms with Crippen LogP contribution >= 0.6 is 0 Å². The van der Waals surface area contributed by atoms with Gasteiger partial charge in [-0.3, -0.25) is 9.69 Å². The van der Waals surface area contributed by atoms with Crippen molar-refractivity contribution in [2.24, 2.45) is 5.92 Å². The van der Waals surface area contributed by atoms with Crippen LogP contribution in [0.25, 0.3) is 0 Å². The maximum absolute atomic E-state index is 11.3. The molecule has 1 atom stereocenters. The minimum atomic E-state index is -0.909. The maximum Gasteiger partial charge on any atom is 0.328 e. The molecule has 15 heavy (non-hydrogen) atoms. The van der Waals surface area contributed by atoms with Gasteiger partial charge in [-0.1, -0.05) is 12.5 Å². The molecule has 1 aliphatic rings. The second kappa shape index (κ2) is 5.07. The third-order valence-corrected chi connectivity index (χ3v) is 2.60. The number of hydrogen-bond donors (Lipinski definition) is 1. The lowest BCUT2D eigenvalue weighted by Gasteiger charge is -2.29. The minimum Gasteiger partial charge on any atom is -0.478 e. The Morgan fingerprint density at radius 3 is 2.87 bits per heavy atom. The Balaban J connectivity index is 2.46. The highest BCUT2D eigenvalue weighted by Crippen LogP contribution is 2.13. The number of ketones is 1. The van der Waals surface area contributed by atoms with Gasteiger partial charge >= 0.3 is 5.97 Å². The molecule has 1 aliphatic heterocycles. The number of carbonyl (C=O) groups excluding carboxylic acids is 1. The van der Waals surface area contributed by atoms with E-state index in [1.54, 1.807) is 6.92 Å². The van der Waals surface area contributed by atoms with Crippen molar-refractivity contribution in [3.8, 4) is 0 Å². The number of hydrogen-bond acceptors (Lipinski definition) is 3. The predicted octanol–water partition coefficient (Wildman–Crippen LogP) is 0.928. The van der Waals surface area contributed by atoms with E-state index in [0.717, 1.165) is 18.7 Å². The van der Waals surface area contributed by atoms with Gasteiger partial charge in [-0.05, 0) is 6.92 Å². The monoisotopic (exact) mass is 211 g/mol. The van der Waals surface area contributed by atoms with Gasteiger partial charge < -0.3 is 5.11 Å². The van der Waals surface area contributed by atoms with Crippen LogP contribution in [0.5, 0.6) is 0 Å². The van der Waals surface area contributed by atoms with Crippen LogP contribution < -0.4 is 0 Å². The van der Waals surface area contributed by atoms with Crippen molar-refractivity contribution in [2.45, 2.75) is 20.3 Å². The zero-order valence-corrected chi connectivity index (χ0v) is 9.19. The summed E-state index contributed by atoms with van der Waals surface area (Å²) >= 11 is 0. The molecule has 0 bridgehead atoms. The molecule has 0 aromatic heterocycles. The first kappa shape index (κ1) is 11.9. The smallest absolute Gasteiger partial charge is 0.328 e. The van der Waals surface area contributed by atoms with Crippen LogP contribution in [0.2, 0.25) is 0 Å². The number of likely N-dealkylation sites (tertiary alicyclic amines) is 1. The van der Waals surface area contributed by atoms with E-state index in [9.17, 15) is 9.59 Å². The minimum absolute atomic E-state index is 0.0800. The summed E-state index contributed by atoms with van der Waals surface area (Å²) in [5, 5.41) is 8.56. The van der Waals surface area contributed by atoms with Crippen molar-refractivity contribution in [1.82, 2.24) is 4.90 Å². The van der Waals surface area contributed by atoms with Gasteiger partial charge in [0, 0.05) is 38.0 Å². The van der Waals surface area contributed by atoms with Crippen LogP contribution in [-0.4, -0.2) is 41.4 Å². The highest BCUT2D eigenvalue weighted by Gasteiger charge is 2.23. The number of Topliss-reactive ketones (excluding diaryl/α,β-unsaturated/α-hetero) is 1. The number of carbonyl (C=O) groups is 2. The van der Waals surface area contributed by atoms with Gasteiger partial charge in [-0.25, -0.2) is 4.79 Å². The Labute approximate surface area is 89.6 Å². The standard InChI is InChI=1S/C11H17NO3/c1-8(5-11(14)15)6-12-4-3-10(13)9(2)7-12/h5,9H,3-4,6-7H2,1-2H3,(H,14,15). The van der Waals surface area contributed by atoms with Crippen molar-refractivity contribution in [1.29, 1.82) is 0 Å². The summed E-state index contributed by atoms with van der Waals surface area (Å²) in [5.74, 6) is -0.517. The molecule has 4 nitrogen and oxygen atoms in total. The number of carboxylic acid groups (broad SMARTS) is 1. The molecule has 0 aromatic carbocycles. The lowest BCUT2D eigenvalue weighted by Crippen LogP contribution is -2.40. The number of piperidine rings is 1. The fraction of sp³-hybridized carbons (Fsp3) is 0.636. The van der Waals surface area contributed by atoms with E-state index in [2.05, 4.69) is 4.90 Å². The molecule has 0 spiro atoms. The number of aliphatic carboxylic acids is 1. The molecule has 1 fully saturated rings. The van der Waals surface area contributed by atoms with E-state index in [4.69, 9.17) is 5.11 Å². The molecule has 84 valence electrons. The summed E-state index contributed by atoms with van der Waals surface area (Å²) in [5.41, 5.74) is 0.823. The summed E-state index contributed by atoms with van der Waals surface area (Å²) in [6.07, 6.45) is 1.81. The van der Waals surface area contributed by atoms with Crippen molar-refractivity contribution < 1.29 is 14.7 Å². The first-order valence-corrected chi connectivity index (χ1v) is 5.14. The van der Waals surface area contributed by atoms with Gasteiger partial charge in [0.25, 0.3) is 0 Å². The summed E-state index contributed by atoms with van der Waals surface area (Å²) in [6.45, 7) is 5.85. The van der Waals surface area contributed by atoms with Gasteiger partial charge in [0.15, 0.2) is 0 Å². The second-order valence-electron chi connectivity index (χ2n) is 4.18. The van der Waals surface area contributed by atoms with Gasteiger partial charge in [-0.15, -0.1) is 0 Å². The number of rotatable bonds is 3. The summed E-state index contributed by atoms with van der Waals surface area (Å²) in [4.78, 5) is 23.8. The van der Waals surface area contributed by atoms with Crippen molar-refractivity contribution in [2.75, 3.05) is 19.6 Å². The van der Waals surface area contributed by atoms with Crippen LogP contribution in [0.3, 0.4) is 0 Å². The molecule has 1 heterocycles. The molecule has 0 aliphatic carbocycles. The highest BCUT2D eigenvalue weighted by molar-refractivity contribution is 5.82. The van der Waals surface area contributed by atoms with Crippen LogP contribution in [0.1, 0.15) is 20.3 Å². The third kappa shape index (κ3) is 3.83. The van der Waals surface area contributed by atoms with E-state index < -0.39 is 5.97 Å². The van der Waals surface area contributed by atoms with Gasteiger partial charge in [-0.2, -0.15) is 0 Å². The van der Waals surface area contributed by atoms with E-state index >= 15 is 0 Å². The zero-order valence-electron chi connectivity index (χ0n) is 9.19. The summed E-state index contributed by atoms with van der Waals surface area (Å²) < 4.78 is 0. The molecule has 0 radical (unpaired) electrons. The highest BCUT2D eigenvalue weighted by atomic mass is 16.4. The average Bonchev–Trinajstić information content (AvgIpc) is 2.10. The fourth-order valence-electron chi connectivity index (χ4n) is 1.85. The molecular formula is C11H17NO3. The lowest BCUT2D eigenvalue weighted by atomic mass is 9.98. The first-order chi connectivity index (χ1) is 6.99. The molecule has 1 rings (SSSR count). The summed E-state index contributed by atoms with van der Waals surface area (Å²) in [6, 6.07) is 0. The predicted molar refractivity (Wildman–Crippen MR) is 56.6 cm³/mol. The topological polar surface area (TPSA) is 57.6 Å². The molecule has 0 saturated carbocycles. The number of carboxylic acids is 1. The number of nitrogens with zero attached hydrogens (tertiary/aromatic N) is 1. The molecule has 0 amide bonds. The third-order valence-electron chi connectivity index (χ3n) is 2.60. The van der Waals surface area contributed by atoms with Gasteiger partial charge in [0.1, 0.15) is 5.78 Å². The molecule has 1 saturated heterocycles. The molecular weight excluding hydrogens is 194 g/mol. The zero-order chi connectivity index (χ0) is 11.4. The molecule has 1 unspecified atom stereocenters. The Kier molecular flexibility index (Phi) is 4.03. The normalized spacial score (nSPS) is 24.3. The Morgan fingerprint density at radius 2 is 2.33 bits per heavy atom. The van der Waals surface area contributed by atoms with E-state index in [1.807, 2.05) is 6.92 Å². The average molecular weight is 211 g/mol. The SMILES string of the molecule is CC(=CC(=O)O)CN1CCC(=O)C(C)C1. The first-order valence-electron chi connectivity index (χ1n) is 5.14. The van der Waals surface area contributed by atoms with Crippen molar-refractivity contribution >= 4 is 11.8 Å². The van der Waals surface area contributed by atoms with Crippen LogP contribution in [0, 0.1) is 5.92 Å². The molecule has 4 heteroatoms. The van der Waals surface area contributed by atoms with E-state index in [0.29, 0.717) is 18.7 Å². The molecule has 0 aromatic rings. The van der Waals surface area contributed by atoms with Crippen LogP contribution in [0.4, 0.5) is 0 Å². The van der Waals surface area contributed by atoms with E-state index in [1.165, 1.54) is 6.08 Å². The Morgan fingerprint density at radius 1 is 1.67 bits per heavy atom. The van der Waals surface area contributed by atoms with Gasteiger partial charge in [0.05, 0.1) is 0 Å². The fourth-order valence-corrected chi connectivity index (χ4v) is 1.85. The van der Waals surface area contributed by atoms with Crippen molar-refractivity contribution in [3.05, 3.63) is 11.6 Å². The van der Waals surface area contributed by atoms with Crippen LogP contribution in [0.15, 0.2) is 11.6 Å². The summed E-state index contributed by atoms with van der Waals surface area (Å²) in [7, 11) is 0. The lowest BCUT2D eigenvalue weighted by molar-refractivity contribution is -0.131. The quantitative estimate of drug-likeness (QED) is 0.705. The maximum atomic E-state index is 11.3.